The van der Waals surface area contributed by atoms with E-state index in [-0.39, 0.29) is 11.4 Å². The van der Waals surface area contributed by atoms with Crippen molar-refractivity contribution in [3.05, 3.63) is 29.8 Å². The van der Waals surface area contributed by atoms with Gasteiger partial charge < -0.3 is 9.30 Å². The monoisotopic (exact) mass is 296 g/mol. The molecule has 1 aromatic heterocycles. The smallest absolute Gasteiger partial charge is 0.125 e. The highest BCUT2D eigenvalue weighted by Gasteiger charge is 2.38. The van der Waals surface area contributed by atoms with E-state index in [0.717, 1.165) is 36.2 Å². The maximum atomic E-state index is 13.5. The molecule has 1 heterocycles. The Morgan fingerprint density at radius 1 is 1.45 bits per heavy atom. The molecule has 3 nitrogen and oxygen atoms in total. The maximum Gasteiger partial charge on any atom is 0.125 e. The number of fused-ring (bicyclic) bond motifs is 1. The first-order valence-electron chi connectivity index (χ1n) is 6.93. The van der Waals surface area contributed by atoms with Crippen molar-refractivity contribution in [1.29, 1.82) is 0 Å². The van der Waals surface area contributed by atoms with Crippen molar-refractivity contribution in [2.24, 2.45) is 0 Å². The van der Waals surface area contributed by atoms with E-state index < -0.39 is 0 Å². The van der Waals surface area contributed by atoms with Crippen LogP contribution in [0.5, 0.6) is 0 Å². The van der Waals surface area contributed by atoms with Gasteiger partial charge in [-0.25, -0.2) is 9.37 Å². The summed E-state index contributed by atoms with van der Waals surface area (Å²) in [6.45, 7) is 0.718. The number of rotatable bonds is 5. The SMILES string of the molecule is COC1(Cn2c(CCCl)nc3ccc(F)cc32)CCC1. The Balaban J connectivity index is 2.05. The van der Waals surface area contributed by atoms with Crippen LogP contribution >= 0.6 is 11.6 Å². The standard InChI is InChI=1S/C15H18ClFN2O/c1-20-15(6-2-7-15)10-19-13-9-11(17)3-4-12(13)18-14(19)5-8-16/h3-4,9H,2,5-8,10H2,1H3. The van der Waals surface area contributed by atoms with Gasteiger partial charge in [-0.3, -0.25) is 0 Å². The van der Waals surface area contributed by atoms with Gasteiger partial charge in [0.15, 0.2) is 0 Å². The number of imidazole rings is 1. The molecule has 2 aromatic rings. The third-order valence-corrected chi connectivity index (χ3v) is 4.44. The maximum absolute atomic E-state index is 13.5. The van der Waals surface area contributed by atoms with Gasteiger partial charge in [-0.05, 0) is 37.5 Å². The molecule has 5 heteroatoms. The summed E-state index contributed by atoms with van der Waals surface area (Å²) in [5.41, 5.74) is 1.52. The van der Waals surface area contributed by atoms with Crippen LogP contribution in [-0.2, 0) is 17.7 Å². The van der Waals surface area contributed by atoms with E-state index in [1.165, 1.54) is 12.5 Å². The van der Waals surface area contributed by atoms with E-state index in [9.17, 15) is 4.39 Å². The zero-order valence-corrected chi connectivity index (χ0v) is 12.3. The third-order valence-electron chi connectivity index (χ3n) is 4.25. The van der Waals surface area contributed by atoms with Crippen molar-refractivity contribution in [3.63, 3.8) is 0 Å². The Bertz CT molecular complexity index is 616. The van der Waals surface area contributed by atoms with Gasteiger partial charge in [-0.1, -0.05) is 0 Å². The molecule has 0 spiro atoms. The molecule has 0 aliphatic heterocycles. The molecule has 0 N–H and O–H groups in total. The van der Waals surface area contributed by atoms with E-state index in [0.29, 0.717) is 12.3 Å². The predicted molar refractivity (Wildman–Crippen MR) is 77.7 cm³/mol. The highest BCUT2D eigenvalue weighted by molar-refractivity contribution is 6.17. The van der Waals surface area contributed by atoms with Crippen molar-refractivity contribution in [1.82, 2.24) is 9.55 Å². The van der Waals surface area contributed by atoms with Crippen LogP contribution in [0.3, 0.4) is 0 Å². The topological polar surface area (TPSA) is 27.1 Å². The lowest BCUT2D eigenvalue weighted by Gasteiger charge is -2.41. The summed E-state index contributed by atoms with van der Waals surface area (Å²) >= 11 is 5.86. The van der Waals surface area contributed by atoms with Crippen LogP contribution in [0.25, 0.3) is 11.0 Å². The first-order chi connectivity index (χ1) is 9.67. The van der Waals surface area contributed by atoms with Crippen LogP contribution in [0, 0.1) is 5.82 Å². The number of hydrogen-bond acceptors (Lipinski definition) is 2. The number of ether oxygens (including phenoxy) is 1. The van der Waals surface area contributed by atoms with E-state index >= 15 is 0 Å². The van der Waals surface area contributed by atoms with Crippen molar-refractivity contribution >= 4 is 22.6 Å². The van der Waals surface area contributed by atoms with Crippen molar-refractivity contribution in [2.45, 2.75) is 37.8 Å². The number of aromatic nitrogens is 2. The van der Waals surface area contributed by atoms with Gasteiger partial charge in [0.1, 0.15) is 11.6 Å². The molecule has 0 bridgehead atoms. The minimum absolute atomic E-state index is 0.124. The van der Waals surface area contributed by atoms with E-state index in [2.05, 4.69) is 9.55 Å². The summed E-state index contributed by atoms with van der Waals surface area (Å²) in [7, 11) is 1.75. The molecule has 0 radical (unpaired) electrons. The molecule has 1 saturated carbocycles. The molecule has 1 aliphatic carbocycles. The number of aryl methyl sites for hydroxylation is 1. The molecular weight excluding hydrogens is 279 g/mol. The second kappa shape index (κ2) is 5.34. The number of alkyl halides is 1. The lowest BCUT2D eigenvalue weighted by Crippen LogP contribution is -2.43. The number of hydrogen-bond donors (Lipinski definition) is 0. The highest BCUT2D eigenvalue weighted by atomic mass is 35.5. The molecular formula is C15H18ClFN2O. The van der Waals surface area contributed by atoms with Gasteiger partial charge >= 0.3 is 0 Å². The molecule has 1 aliphatic rings. The van der Waals surface area contributed by atoms with Gasteiger partial charge in [0.05, 0.1) is 23.2 Å². The lowest BCUT2D eigenvalue weighted by atomic mass is 9.80. The average molecular weight is 297 g/mol. The van der Waals surface area contributed by atoms with E-state index in [1.54, 1.807) is 19.2 Å². The Morgan fingerprint density at radius 2 is 2.25 bits per heavy atom. The molecule has 1 fully saturated rings. The molecule has 108 valence electrons. The van der Waals surface area contributed by atoms with Crippen LogP contribution in [0.4, 0.5) is 4.39 Å². The average Bonchev–Trinajstić information content (AvgIpc) is 2.72. The number of methoxy groups -OCH3 is 1. The summed E-state index contributed by atoms with van der Waals surface area (Å²) in [5, 5.41) is 0. The molecule has 1 aromatic carbocycles. The molecule has 0 atom stereocenters. The van der Waals surface area contributed by atoms with Crippen LogP contribution < -0.4 is 0 Å². The Morgan fingerprint density at radius 3 is 2.85 bits per heavy atom. The minimum Gasteiger partial charge on any atom is -0.376 e. The summed E-state index contributed by atoms with van der Waals surface area (Å²) < 4.78 is 21.3. The van der Waals surface area contributed by atoms with E-state index in [1.807, 2.05) is 0 Å². The Hall–Kier alpha value is -1.13. The van der Waals surface area contributed by atoms with Crippen LogP contribution in [0.1, 0.15) is 25.1 Å². The van der Waals surface area contributed by atoms with Crippen LogP contribution in [0.2, 0.25) is 0 Å². The fraction of sp³-hybridized carbons (Fsp3) is 0.533. The second-order valence-electron chi connectivity index (χ2n) is 5.43. The number of halogens is 2. The number of benzene rings is 1. The van der Waals surface area contributed by atoms with Crippen molar-refractivity contribution in [3.8, 4) is 0 Å². The van der Waals surface area contributed by atoms with Gasteiger partial charge in [0.25, 0.3) is 0 Å². The zero-order chi connectivity index (χ0) is 14.2. The largest absolute Gasteiger partial charge is 0.376 e. The lowest BCUT2D eigenvalue weighted by molar-refractivity contribution is -0.0832. The van der Waals surface area contributed by atoms with Crippen LogP contribution in [0.15, 0.2) is 18.2 Å². The van der Waals surface area contributed by atoms with Gasteiger partial charge in [-0.15, -0.1) is 11.6 Å². The van der Waals surface area contributed by atoms with E-state index in [4.69, 9.17) is 16.3 Å². The first-order valence-corrected chi connectivity index (χ1v) is 7.47. The predicted octanol–water partition coefficient (Wildman–Crippen LogP) is 3.53. The molecule has 0 saturated heterocycles. The van der Waals surface area contributed by atoms with Gasteiger partial charge in [0, 0.05) is 19.4 Å². The van der Waals surface area contributed by atoms with Gasteiger partial charge in [-0.2, -0.15) is 0 Å². The molecule has 0 unspecified atom stereocenters. The summed E-state index contributed by atoms with van der Waals surface area (Å²) in [5.74, 6) is 1.17. The highest BCUT2D eigenvalue weighted by Crippen LogP contribution is 2.37. The quantitative estimate of drug-likeness (QED) is 0.789. The molecule has 0 amide bonds. The fourth-order valence-corrected chi connectivity index (χ4v) is 3.05. The van der Waals surface area contributed by atoms with Crippen LogP contribution in [-0.4, -0.2) is 28.1 Å². The number of nitrogens with zero attached hydrogens (tertiary/aromatic N) is 2. The van der Waals surface area contributed by atoms with Gasteiger partial charge in [0.2, 0.25) is 0 Å². The Labute approximate surface area is 122 Å². The minimum atomic E-state index is -0.240. The summed E-state index contributed by atoms with van der Waals surface area (Å²) in [4.78, 5) is 4.58. The third kappa shape index (κ3) is 2.31. The normalized spacial score (nSPS) is 17.4. The molecule has 20 heavy (non-hydrogen) atoms. The summed E-state index contributed by atoms with van der Waals surface area (Å²) in [6, 6.07) is 4.71. The zero-order valence-electron chi connectivity index (χ0n) is 11.5. The second-order valence-corrected chi connectivity index (χ2v) is 5.80. The summed E-state index contributed by atoms with van der Waals surface area (Å²) in [6.07, 6.45) is 3.94. The first kappa shape index (κ1) is 13.8. The Kier molecular flexibility index (Phi) is 3.69. The van der Waals surface area contributed by atoms with Crippen molar-refractivity contribution in [2.75, 3.05) is 13.0 Å². The van der Waals surface area contributed by atoms with Crippen molar-refractivity contribution < 1.29 is 9.13 Å². The molecule has 3 rings (SSSR count). The fourth-order valence-electron chi connectivity index (χ4n) is 2.88.